The fourth-order valence-electron chi connectivity index (χ4n) is 1.59. The second-order valence-electron chi connectivity index (χ2n) is 3.70. The number of phenols is 2. The van der Waals surface area contributed by atoms with Crippen LogP contribution in [-0.2, 0) is 0 Å². The Balaban J connectivity index is 0.00000180. The molecular formula is C11H11ClN2O4S. The van der Waals surface area contributed by atoms with Crippen LogP contribution in [0, 0.1) is 10.1 Å². The lowest BCUT2D eigenvalue weighted by molar-refractivity contribution is -0.386. The number of rotatable bonds is 3. The Bertz CT molecular complexity index is 589. The molecule has 2 aromatic rings. The van der Waals surface area contributed by atoms with Gasteiger partial charge in [-0.1, -0.05) is 0 Å². The van der Waals surface area contributed by atoms with Gasteiger partial charge in [-0.05, 0) is 34.0 Å². The lowest BCUT2D eigenvalue weighted by Crippen LogP contribution is -2.11. The number of nitrogens with two attached hydrogens (primary N) is 1. The maximum atomic E-state index is 10.7. The van der Waals surface area contributed by atoms with Crippen molar-refractivity contribution in [2.75, 3.05) is 0 Å². The van der Waals surface area contributed by atoms with Gasteiger partial charge >= 0.3 is 5.69 Å². The molecule has 0 aliphatic heterocycles. The minimum absolute atomic E-state index is 0. The Kier molecular flexibility index (Phi) is 4.71. The summed E-state index contributed by atoms with van der Waals surface area (Å²) in [4.78, 5) is 9.97. The van der Waals surface area contributed by atoms with Crippen molar-refractivity contribution in [1.82, 2.24) is 0 Å². The van der Waals surface area contributed by atoms with Crippen LogP contribution in [0.2, 0.25) is 0 Å². The van der Waals surface area contributed by atoms with Crippen LogP contribution in [0.3, 0.4) is 0 Å². The minimum atomic E-state index is -0.765. The Hall–Kier alpha value is -1.83. The lowest BCUT2D eigenvalue weighted by atomic mass is 10.0. The highest BCUT2D eigenvalue weighted by Gasteiger charge is 2.21. The van der Waals surface area contributed by atoms with E-state index in [0.29, 0.717) is 5.56 Å². The molecule has 0 bridgehead atoms. The number of hydrogen-bond donors (Lipinski definition) is 3. The molecule has 0 aliphatic carbocycles. The number of thiophene rings is 1. The molecule has 2 rings (SSSR count). The molecule has 102 valence electrons. The molecule has 0 unspecified atom stereocenters. The summed E-state index contributed by atoms with van der Waals surface area (Å²) in [6, 6.07) is 3.61. The Morgan fingerprint density at radius 2 is 2.00 bits per heavy atom. The summed E-state index contributed by atoms with van der Waals surface area (Å²) in [5, 5.41) is 33.2. The number of hydrogen-bond acceptors (Lipinski definition) is 6. The molecule has 1 aromatic heterocycles. The average Bonchev–Trinajstić information content (AvgIpc) is 2.84. The monoisotopic (exact) mass is 302 g/mol. The van der Waals surface area contributed by atoms with E-state index in [9.17, 15) is 20.3 Å². The molecule has 1 atom stereocenters. The predicted molar refractivity (Wildman–Crippen MR) is 74.0 cm³/mol. The maximum Gasteiger partial charge on any atom is 0.314 e. The number of nitro groups is 1. The van der Waals surface area contributed by atoms with E-state index in [-0.39, 0.29) is 12.4 Å². The van der Waals surface area contributed by atoms with Crippen LogP contribution < -0.4 is 5.73 Å². The number of aromatic hydroxyl groups is 2. The van der Waals surface area contributed by atoms with Gasteiger partial charge in [0.2, 0.25) is 5.75 Å². The summed E-state index contributed by atoms with van der Waals surface area (Å²) in [6.07, 6.45) is 0. The van der Waals surface area contributed by atoms with Gasteiger partial charge in [0, 0.05) is 6.07 Å². The summed E-state index contributed by atoms with van der Waals surface area (Å²) >= 11 is 1.45. The zero-order valence-corrected chi connectivity index (χ0v) is 11.1. The highest BCUT2D eigenvalue weighted by atomic mass is 35.5. The quantitative estimate of drug-likeness (QED) is 0.458. The van der Waals surface area contributed by atoms with Gasteiger partial charge in [0.15, 0.2) is 5.75 Å². The second kappa shape index (κ2) is 5.87. The highest BCUT2D eigenvalue weighted by Crippen LogP contribution is 2.38. The first-order valence-corrected chi connectivity index (χ1v) is 5.93. The fraction of sp³-hybridized carbons (Fsp3) is 0.0909. The van der Waals surface area contributed by atoms with Crippen LogP contribution in [0.25, 0.3) is 0 Å². The molecule has 0 amide bonds. The van der Waals surface area contributed by atoms with Crippen molar-refractivity contribution >= 4 is 29.4 Å². The van der Waals surface area contributed by atoms with Gasteiger partial charge < -0.3 is 15.9 Å². The topological polar surface area (TPSA) is 110 Å². The molecule has 0 saturated heterocycles. The molecule has 0 fully saturated rings. The summed E-state index contributed by atoms with van der Waals surface area (Å²) in [5.74, 6) is -1.30. The molecule has 19 heavy (non-hydrogen) atoms. The van der Waals surface area contributed by atoms with Crippen molar-refractivity contribution in [3.05, 3.63) is 50.2 Å². The van der Waals surface area contributed by atoms with Crippen LogP contribution in [0.4, 0.5) is 5.69 Å². The molecular weight excluding hydrogens is 292 g/mol. The molecule has 1 heterocycles. The number of phenolic OH excluding ortho intramolecular Hbond substituents is 2. The molecule has 6 nitrogen and oxygen atoms in total. The Labute approximate surface area is 118 Å². The normalized spacial score (nSPS) is 11.6. The van der Waals surface area contributed by atoms with Crippen molar-refractivity contribution in [2.45, 2.75) is 6.04 Å². The van der Waals surface area contributed by atoms with Crippen LogP contribution in [0.1, 0.15) is 17.2 Å². The molecule has 0 spiro atoms. The summed E-state index contributed by atoms with van der Waals surface area (Å²) in [7, 11) is 0. The summed E-state index contributed by atoms with van der Waals surface area (Å²) < 4.78 is 0. The Morgan fingerprint density at radius 3 is 2.53 bits per heavy atom. The van der Waals surface area contributed by atoms with E-state index in [4.69, 9.17) is 5.73 Å². The smallest absolute Gasteiger partial charge is 0.314 e. The predicted octanol–water partition coefficient (Wildman–Crippen LogP) is 2.54. The zero-order chi connectivity index (χ0) is 13.3. The lowest BCUT2D eigenvalue weighted by Gasteiger charge is -2.11. The largest absolute Gasteiger partial charge is 0.504 e. The van der Waals surface area contributed by atoms with Crippen molar-refractivity contribution in [2.24, 2.45) is 5.73 Å². The highest BCUT2D eigenvalue weighted by molar-refractivity contribution is 7.08. The maximum absolute atomic E-state index is 10.7. The van der Waals surface area contributed by atoms with Gasteiger partial charge in [-0.2, -0.15) is 11.3 Å². The van der Waals surface area contributed by atoms with E-state index in [2.05, 4.69) is 0 Å². The third-order valence-electron chi connectivity index (χ3n) is 2.55. The van der Waals surface area contributed by atoms with Crippen molar-refractivity contribution in [3.63, 3.8) is 0 Å². The van der Waals surface area contributed by atoms with Crippen LogP contribution in [0.15, 0.2) is 29.0 Å². The minimum Gasteiger partial charge on any atom is -0.504 e. The van der Waals surface area contributed by atoms with Crippen molar-refractivity contribution < 1.29 is 15.1 Å². The van der Waals surface area contributed by atoms with Gasteiger partial charge in [0.05, 0.1) is 11.0 Å². The first-order valence-electron chi connectivity index (χ1n) is 4.98. The first kappa shape index (κ1) is 15.2. The van der Waals surface area contributed by atoms with Crippen LogP contribution >= 0.6 is 23.7 Å². The number of benzene rings is 1. The SMILES string of the molecule is Cl.N[C@@H](c1ccsc1)c1cc(O)c(O)c([N+](=O)[O-])c1. The fourth-order valence-corrected chi connectivity index (χ4v) is 2.29. The molecule has 4 N–H and O–H groups in total. The Morgan fingerprint density at radius 1 is 1.32 bits per heavy atom. The van der Waals surface area contributed by atoms with Crippen molar-refractivity contribution in [3.8, 4) is 11.5 Å². The van der Waals surface area contributed by atoms with Crippen LogP contribution in [0.5, 0.6) is 11.5 Å². The van der Waals surface area contributed by atoms with Gasteiger partial charge in [0.1, 0.15) is 0 Å². The molecule has 0 saturated carbocycles. The molecule has 8 heteroatoms. The van der Waals surface area contributed by atoms with Gasteiger partial charge in [-0.3, -0.25) is 10.1 Å². The summed E-state index contributed by atoms with van der Waals surface area (Å²) in [5.41, 5.74) is 6.54. The van der Waals surface area contributed by atoms with E-state index < -0.39 is 28.2 Å². The molecule has 0 aliphatic rings. The van der Waals surface area contributed by atoms with E-state index in [0.717, 1.165) is 11.6 Å². The van der Waals surface area contributed by atoms with E-state index in [1.165, 1.54) is 17.4 Å². The van der Waals surface area contributed by atoms with Gasteiger partial charge in [-0.15, -0.1) is 12.4 Å². The van der Waals surface area contributed by atoms with Gasteiger partial charge in [-0.25, -0.2) is 0 Å². The van der Waals surface area contributed by atoms with E-state index in [1.807, 2.05) is 10.8 Å². The number of nitrogens with zero attached hydrogens (tertiary/aromatic N) is 1. The zero-order valence-electron chi connectivity index (χ0n) is 9.52. The average molecular weight is 303 g/mol. The number of halogens is 1. The van der Waals surface area contributed by atoms with E-state index >= 15 is 0 Å². The third kappa shape index (κ3) is 2.95. The van der Waals surface area contributed by atoms with Crippen molar-refractivity contribution in [1.29, 1.82) is 0 Å². The molecule has 0 radical (unpaired) electrons. The third-order valence-corrected chi connectivity index (χ3v) is 3.25. The van der Waals surface area contributed by atoms with E-state index in [1.54, 1.807) is 6.07 Å². The second-order valence-corrected chi connectivity index (χ2v) is 4.48. The summed E-state index contributed by atoms with van der Waals surface area (Å²) in [6.45, 7) is 0. The molecule has 1 aromatic carbocycles. The van der Waals surface area contributed by atoms with Crippen LogP contribution in [-0.4, -0.2) is 15.1 Å². The number of nitro benzene ring substituents is 1. The standard InChI is InChI=1S/C11H10N2O4S.ClH/c12-10(6-1-2-18-5-6)7-3-8(13(16)17)11(15)9(14)4-7;/h1-5,10,14-15H,12H2;1H/t10-;/m0./s1. The van der Waals surface area contributed by atoms with Gasteiger partial charge in [0.25, 0.3) is 0 Å². The first-order chi connectivity index (χ1) is 8.50.